The van der Waals surface area contributed by atoms with Gasteiger partial charge in [-0.1, -0.05) is 39.8 Å². The number of nitrogens with zero attached hydrogens (tertiary/aromatic N) is 4. The maximum absolute atomic E-state index is 13.2. The van der Waals surface area contributed by atoms with Gasteiger partial charge >= 0.3 is 0 Å². The largest absolute Gasteiger partial charge is 0.493 e. The van der Waals surface area contributed by atoms with Crippen LogP contribution in [0.3, 0.4) is 0 Å². The molecule has 1 unspecified atom stereocenters. The molecule has 55 heavy (non-hydrogen) atoms. The van der Waals surface area contributed by atoms with Crippen LogP contribution in [0.5, 0.6) is 11.5 Å². The van der Waals surface area contributed by atoms with E-state index in [4.69, 9.17) is 14.5 Å². The number of carbonyl (C=O) groups is 3. The monoisotopic (exact) mass is 787 g/mol. The Balaban J connectivity index is 0.960. The molecule has 4 N–H and O–H groups in total. The molecule has 0 fully saturated rings. The Morgan fingerprint density at radius 2 is 1.67 bits per heavy atom. The lowest BCUT2D eigenvalue weighted by Crippen LogP contribution is -2.35. The molecule has 0 aliphatic carbocycles. The number of aliphatic hydroxyl groups is 1. The molecular formula is C40H49N7O6S2. The van der Waals surface area contributed by atoms with E-state index in [1.807, 2.05) is 35.6 Å². The highest BCUT2D eigenvalue weighted by Gasteiger charge is 2.36. The summed E-state index contributed by atoms with van der Waals surface area (Å²) in [5, 5.41) is 20.1. The Hall–Kier alpha value is -4.86. The SMILES string of the molecule is COc1cc2c(cc1OCCCCNC(=O)c1cc(NC(=O)c3cc(NC(=O)CCC(C)(C)SSC)cn3C)cn1C)N=C[C@@H]1Cc3ccccc3N1C2O. The maximum atomic E-state index is 13.2. The number of fused-ring (bicyclic) bond motifs is 4. The van der Waals surface area contributed by atoms with E-state index in [9.17, 15) is 19.5 Å². The Morgan fingerprint density at radius 1 is 0.964 bits per heavy atom. The van der Waals surface area contributed by atoms with Crippen molar-refractivity contribution in [3.8, 4) is 11.5 Å². The zero-order chi connectivity index (χ0) is 39.3. The third-order valence-corrected chi connectivity index (χ3v) is 12.4. The van der Waals surface area contributed by atoms with Crippen LogP contribution in [0, 0.1) is 0 Å². The van der Waals surface area contributed by atoms with Crippen LogP contribution in [0.2, 0.25) is 0 Å². The number of aromatic nitrogens is 2. The van der Waals surface area contributed by atoms with Crippen molar-refractivity contribution in [2.75, 3.05) is 42.1 Å². The van der Waals surface area contributed by atoms with Crippen LogP contribution >= 0.6 is 21.6 Å². The summed E-state index contributed by atoms with van der Waals surface area (Å²) in [4.78, 5) is 45.5. The molecule has 3 amide bonds. The van der Waals surface area contributed by atoms with Gasteiger partial charge in [0.05, 0.1) is 36.8 Å². The summed E-state index contributed by atoms with van der Waals surface area (Å²) in [6.45, 7) is 5.05. The second-order valence-electron chi connectivity index (χ2n) is 14.3. The van der Waals surface area contributed by atoms with E-state index in [0.717, 1.165) is 18.5 Å². The van der Waals surface area contributed by atoms with E-state index in [1.54, 1.807) is 88.6 Å². The first-order chi connectivity index (χ1) is 26.4. The fourth-order valence-electron chi connectivity index (χ4n) is 6.87. The summed E-state index contributed by atoms with van der Waals surface area (Å²) >= 11 is 0. The minimum atomic E-state index is -0.886. The summed E-state index contributed by atoms with van der Waals surface area (Å²) < 4.78 is 15.0. The van der Waals surface area contributed by atoms with E-state index in [1.165, 1.54) is 5.56 Å². The molecule has 2 aromatic heterocycles. The summed E-state index contributed by atoms with van der Waals surface area (Å²) in [6.07, 6.45) is 9.63. The third-order valence-electron chi connectivity index (χ3n) is 9.69. The smallest absolute Gasteiger partial charge is 0.272 e. The van der Waals surface area contributed by atoms with Gasteiger partial charge in [0.1, 0.15) is 11.4 Å². The second-order valence-corrected chi connectivity index (χ2v) is 17.4. The van der Waals surface area contributed by atoms with Gasteiger partial charge in [-0.3, -0.25) is 19.4 Å². The summed E-state index contributed by atoms with van der Waals surface area (Å²) in [7, 11) is 8.48. The Morgan fingerprint density at radius 3 is 2.40 bits per heavy atom. The van der Waals surface area contributed by atoms with E-state index in [0.29, 0.717) is 77.9 Å². The van der Waals surface area contributed by atoms with Gasteiger partial charge in [-0.15, -0.1) is 0 Å². The molecule has 2 aliphatic heterocycles. The van der Waals surface area contributed by atoms with Crippen LogP contribution in [0.1, 0.15) is 77.9 Å². The van der Waals surface area contributed by atoms with Gasteiger partial charge in [0.25, 0.3) is 11.8 Å². The highest BCUT2D eigenvalue weighted by atomic mass is 33.1. The van der Waals surface area contributed by atoms with Crippen LogP contribution in [-0.2, 0) is 25.3 Å². The predicted octanol–water partition coefficient (Wildman–Crippen LogP) is 6.86. The Labute approximate surface area is 329 Å². The molecule has 13 nitrogen and oxygen atoms in total. The molecule has 0 spiro atoms. The minimum Gasteiger partial charge on any atom is -0.493 e. The molecule has 0 saturated heterocycles. The third kappa shape index (κ3) is 9.34. The first-order valence-corrected chi connectivity index (χ1v) is 20.8. The number of unbranched alkanes of at least 4 members (excludes halogenated alkanes) is 1. The Bertz CT molecular complexity index is 2080. The van der Waals surface area contributed by atoms with Gasteiger partial charge in [-0.05, 0) is 69.2 Å². The van der Waals surface area contributed by atoms with Crippen LogP contribution in [0.25, 0.3) is 0 Å². The number of para-hydroxylation sites is 1. The molecule has 292 valence electrons. The molecule has 0 saturated carbocycles. The standard InChI is InChI=1S/C40H49N7O6S2/c1-40(2,55-54-6)14-13-36(48)43-26-18-33(46(4)23-26)38(50)44-27-19-32(45(3)24-27)37(49)41-15-9-10-16-53-35-21-30-29(20-34(35)52-5)39(51)47-28(22-42-30)17-25-11-7-8-12-31(25)47/h7-8,11-12,18-24,28,39,51H,9-10,13-17H2,1-6H3,(H,41,49)(H,43,48)(H,44,50)/t28-,39?/m0/s1. The quantitative estimate of drug-likeness (QED) is 0.0706. The van der Waals surface area contributed by atoms with Crippen molar-refractivity contribution in [2.45, 2.75) is 63.0 Å². The number of rotatable bonds is 16. The number of anilines is 3. The topological polar surface area (TPSA) is 151 Å². The number of benzene rings is 2. The highest BCUT2D eigenvalue weighted by Crippen LogP contribution is 2.45. The van der Waals surface area contributed by atoms with Crippen LogP contribution < -0.4 is 30.3 Å². The van der Waals surface area contributed by atoms with Gasteiger partial charge in [-0.25, -0.2) is 0 Å². The molecular weight excluding hydrogens is 739 g/mol. The molecule has 2 atom stereocenters. The van der Waals surface area contributed by atoms with Crippen molar-refractivity contribution >= 4 is 68.3 Å². The van der Waals surface area contributed by atoms with Crippen molar-refractivity contribution < 1.29 is 29.0 Å². The average molecular weight is 788 g/mol. The van der Waals surface area contributed by atoms with Gasteiger partial charge in [0.2, 0.25) is 5.91 Å². The molecule has 0 bridgehead atoms. The van der Waals surface area contributed by atoms with E-state index >= 15 is 0 Å². The Kier molecular flexibility index (Phi) is 12.5. The molecule has 4 heterocycles. The normalized spacial score (nSPS) is 15.8. The van der Waals surface area contributed by atoms with Gasteiger partial charge < -0.3 is 44.6 Å². The lowest BCUT2D eigenvalue weighted by Gasteiger charge is -2.29. The van der Waals surface area contributed by atoms with Gasteiger partial charge in [0.15, 0.2) is 17.7 Å². The number of ether oxygens (including phenoxy) is 2. The predicted molar refractivity (Wildman–Crippen MR) is 221 cm³/mol. The molecule has 6 rings (SSSR count). The maximum Gasteiger partial charge on any atom is 0.272 e. The number of carbonyl (C=O) groups excluding carboxylic acids is 3. The van der Waals surface area contributed by atoms with Crippen molar-refractivity contribution in [1.82, 2.24) is 14.5 Å². The lowest BCUT2D eigenvalue weighted by molar-refractivity contribution is -0.116. The summed E-state index contributed by atoms with van der Waals surface area (Å²) in [5.74, 6) is 0.312. The molecule has 0 radical (unpaired) electrons. The number of nitrogens with one attached hydrogen (secondary N) is 3. The van der Waals surface area contributed by atoms with E-state index in [-0.39, 0.29) is 28.5 Å². The van der Waals surface area contributed by atoms with Crippen LogP contribution in [0.15, 0.2) is 65.9 Å². The van der Waals surface area contributed by atoms with Crippen molar-refractivity contribution in [2.24, 2.45) is 19.1 Å². The fourth-order valence-corrected chi connectivity index (χ4v) is 9.11. The lowest BCUT2D eigenvalue weighted by atomic mass is 10.1. The van der Waals surface area contributed by atoms with E-state index < -0.39 is 6.23 Å². The van der Waals surface area contributed by atoms with Crippen molar-refractivity contribution in [1.29, 1.82) is 0 Å². The zero-order valence-corrected chi connectivity index (χ0v) is 33.7. The minimum absolute atomic E-state index is 0.0199. The zero-order valence-electron chi connectivity index (χ0n) is 32.0. The molecule has 2 aliphatic rings. The number of methoxy groups -OCH3 is 1. The first kappa shape index (κ1) is 39.8. The highest BCUT2D eigenvalue weighted by molar-refractivity contribution is 8.76. The number of aliphatic hydroxyl groups excluding tert-OH is 1. The number of aliphatic imine (C=N–C) groups is 1. The average Bonchev–Trinajstić information content (AvgIpc) is 3.81. The number of hydrogen-bond acceptors (Lipinski definition) is 10. The second kappa shape index (κ2) is 17.3. The van der Waals surface area contributed by atoms with Crippen LogP contribution in [-0.4, -0.2) is 75.5 Å². The molecule has 2 aromatic carbocycles. The fraction of sp³-hybridized carbons (Fsp3) is 0.400. The summed E-state index contributed by atoms with van der Waals surface area (Å²) in [6, 6.07) is 14.9. The van der Waals surface area contributed by atoms with Gasteiger partial charge in [0, 0.05) is 74.2 Å². The van der Waals surface area contributed by atoms with Crippen molar-refractivity contribution in [3.05, 3.63) is 83.4 Å². The van der Waals surface area contributed by atoms with Crippen molar-refractivity contribution in [3.63, 3.8) is 0 Å². The molecule has 4 aromatic rings. The van der Waals surface area contributed by atoms with Gasteiger partial charge in [-0.2, -0.15) is 0 Å². The first-order valence-electron chi connectivity index (χ1n) is 18.2. The summed E-state index contributed by atoms with van der Waals surface area (Å²) in [5.41, 5.74) is 5.25. The number of aryl methyl sites for hydroxylation is 2. The molecule has 15 heteroatoms. The van der Waals surface area contributed by atoms with Crippen LogP contribution in [0.4, 0.5) is 22.7 Å². The number of hydrogen-bond donors (Lipinski definition) is 4. The number of amides is 3. The van der Waals surface area contributed by atoms with E-state index in [2.05, 4.69) is 35.9 Å².